The number of rotatable bonds is 5. The topological polar surface area (TPSA) is 97.7 Å². The lowest BCUT2D eigenvalue weighted by Crippen LogP contribution is -2.32. The van der Waals surface area contributed by atoms with E-state index >= 15 is 0 Å². The summed E-state index contributed by atoms with van der Waals surface area (Å²) < 4.78 is 7.42. The van der Waals surface area contributed by atoms with E-state index < -0.39 is 6.09 Å². The Kier molecular flexibility index (Phi) is 4.58. The van der Waals surface area contributed by atoms with Crippen molar-refractivity contribution in [1.82, 2.24) is 30.0 Å². The molecular formula is C21H21ClN6O2. The highest BCUT2D eigenvalue weighted by Gasteiger charge is 2.25. The Morgan fingerprint density at radius 2 is 2.23 bits per heavy atom. The maximum atomic E-state index is 12.0. The Labute approximate surface area is 177 Å². The minimum Gasteiger partial charge on any atom is -0.406 e. The van der Waals surface area contributed by atoms with Gasteiger partial charge in [0.25, 0.3) is 0 Å². The van der Waals surface area contributed by atoms with Gasteiger partial charge in [-0.15, -0.1) is 0 Å². The number of fused-ring (bicyclic) bond motifs is 2. The van der Waals surface area contributed by atoms with Gasteiger partial charge in [0.2, 0.25) is 0 Å². The number of H-pyrrole nitrogens is 1. The van der Waals surface area contributed by atoms with Gasteiger partial charge in [-0.3, -0.25) is 4.68 Å². The molecule has 0 spiro atoms. The Bertz CT molecular complexity index is 1260. The smallest absolute Gasteiger partial charge is 0.406 e. The maximum absolute atomic E-state index is 12.0. The molecule has 154 valence electrons. The molecule has 0 bridgehead atoms. The molecule has 3 heterocycles. The highest BCUT2D eigenvalue weighted by Crippen LogP contribution is 2.35. The molecule has 0 radical (unpaired) electrons. The molecular weight excluding hydrogens is 404 g/mol. The van der Waals surface area contributed by atoms with Crippen LogP contribution in [0.25, 0.3) is 33.5 Å². The maximum Gasteiger partial charge on any atom is 0.412 e. The Hall–Kier alpha value is -3.13. The average molecular weight is 425 g/mol. The number of hydrogen-bond donors (Lipinski definition) is 2. The van der Waals surface area contributed by atoms with E-state index in [1.807, 2.05) is 36.7 Å². The van der Waals surface area contributed by atoms with Gasteiger partial charge in [-0.05, 0) is 50.8 Å². The molecule has 1 fully saturated rings. The lowest BCUT2D eigenvalue weighted by Gasteiger charge is -2.07. The van der Waals surface area contributed by atoms with Crippen molar-refractivity contribution >= 4 is 39.8 Å². The van der Waals surface area contributed by atoms with Crippen LogP contribution in [0.2, 0.25) is 5.02 Å². The quantitative estimate of drug-likeness (QED) is 0.490. The van der Waals surface area contributed by atoms with Gasteiger partial charge in [0.1, 0.15) is 11.4 Å². The Morgan fingerprint density at radius 3 is 3.00 bits per heavy atom. The number of carbonyl (C=O) groups excluding carboxylic acids is 1. The fourth-order valence-corrected chi connectivity index (χ4v) is 3.61. The molecule has 2 N–H and O–H groups in total. The van der Waals surface area contributed by atoms with Crippen molar-refractivity contribution in [3.05, 3.63) is 35.6 Å². The van der Waals surface area contributed by atoms with E-state index in [9.17, 15) is 4.79 Å². The molecule has 0 atom stereocenters. The van der Waals surface area contributed by atoms with E-state index in [1.165, 1.54) is 12.8 Å². The lowest BCUT2D eigenvalue weighted by atomic mass is 10.1. The second-order valence-electron chi connectivity index (χ2n) is 7.93. The average Bonchev–Trinajstić information content (AvgIpc) is 3.33. The van der Waals surface area contributed by atoms with Gasteiger partial charge in [-0.25, -0.2) is 14.8 Å². The predicted octanol–water partition coefficient (Wildman–Crippen LogP) is 4.53. The van der Waals surface area contributed by atoms with Gasteiger partial charge < -0.3 is 15.0 Å². The van der Waals surface area contributed by atoms with E-state index in [1.54, 1.807) is 12.4 Å². The number of nitrogens with zero attached hydrogens (tertiary/aromatic N) is 4. The first-order chi connectivity index (χ1) is 14.5. The summed E-state index contributed by atoms with van der Waals surface area (Å²) in [5.74, 6) is 0.986. The number of aromatic nitrogens is 5. The second kappa shape index (κ2) is 7.28. The molecule has 0 unspecified atom stereocenters. The van der Waals surface area contributed by atoms with Crippen molar-refractivity contribution < 1.29 is 9.53 Å². The number of hydrogen-bond acceptors (Lipinski definition) is 5. The van der Waals surface area contributed by atoms with E-state index in [-0.39, 0.29) is 6.04 Å². The summed E-state index contributed by atoms with van der Waals surface area (Å²) in [7, 11) is 0. The van der Waals surface area contributed by atoms with E-state index in [0.717, 1.165) is 23.1 Å². The number of ether oxygens (including phenoxy) is 1. The molecule has 1 saturated carbocycles. The number of amides is 1. The first-order valence-corrected chi connectivity index (χ1v) is 10.3. The molecule has 1 aromatic carbocycles. The van der Waals surface area contributed by atoms with Gasteiger partial charge in [-0.1, -0.05) is 11.6 Å². The van der Waals surface area contributed by atoms with Crippen molar-refractivity contribution in [1.29, 1.82) is 0 Å². The van der Waals surface area contributed by atoms with Crippen LogP contribution in [0.4, 0.5) is 4.79 Å². The molecule has 0 aliphatic heterocycles. The van der Waals surface area contributed by atoms with Gasteiger partial charge in [0.05, 0.1) is 11.7 Å². The zero-order valence-corrected chi connectivity index (χ0v) is 17.4. The third-order valence-electron chi connectivity index (χ3n) is 5.04. The minimum atomic E-state index is -0.535. The standard InChI is InChI=1S/C21H21ClN6O2/c1-11(2)25-21(29)30-17-9-24-20-19(17)26-15(8-23-20)18-14-6-5-13(22)7-16(14)28(27-18)10-12-3-4-12/h5-9,11-12H,3-4,10H2,1-2H3,(H,23,24)(H,25,29). The summed E-state index contributed by atoms with van der Waals surface area (Å²) >= 11 is 6.24. The normalized spacial score (nSPS) is 14.0. The summed E-state index contributed by atoms with van der Waals surface area (Å²) in [6.45, 7) is 4.59. The lowest BCUT2D eigenvalue weighted by molar-refractivity contribution is 0.198. The van der Waals surface area contributed by atoms with Crippen LogP contribution >= 0.6 is 11.6 Å². The van der Waals surface area contributed by atoms with Crippen molar-refractivity contribution in [3.63, 3.8) is 0 Å². The van der Waals surface area contributed by atoms with Crippen LogP contribution in [0, 0.1) is 5.92 Å². The van der Waals surface area contributed by atoms with Crippen LogP contribution < -0.4 is 10.1 Å². The SMILES string of the molecule is CC(C)NC(=O)Oc1c[nH]c2ncc(-c3nn(CC4CC4)c4cc(Cl)ccc34)nc12. The number of halogens is 1. The molecule has 0 saturated heterocycles. The fourth-order valence-electron chi connectivity index (χ4n) is 3.45. The highest BCUT2D eigenvalue weighted by atomic mass is 35.5. The molecule has 8 nitrogen and oxygen atoms in total. The summed E-state index contributed by atoms with van der Waals surface area (Å²) in [6, 6.07) is 5.71. The number of benzene rings is 1. The zero-order valence-electron chi connectivity index (χ0n) is 16.6. The molecule has 1 amide bonds. The van der Waals surface area contributed by atoms with Crippen molar-refractivity contribution in [2.24, 2.45) is 5.92 Å². The van der Waals surface area contributed by atoms with Crippen LogP contribution in [-0.4, -0.2) is 36.9 Å². The predicted molar refractivity (Wildman–Crippen MR) is 115 cm³/mol. The number of carbonyl (C=O) groups is 1. The number of aromatic amines is 1. The number of nitrogens with one attached hydrogen (secondary N) is 2. The summed E-state index contributed by atoms with van der Waals surface area (Å²) in [5.41, 5.74) is 3.34. The summed E-state index contributed by atoms with van der Waals surface area (Å²) in [5, 5.41) is 9.16. The molecule has 5 rings (SSSR count). The molecule has 4 aromatic rings. The summed E-state index contributed by atoms with van der Waals surface area (Å²) in [4.78, 5) is 24.2. The molecule has 9 heteroatoms. The van der Waals surface area contributed by atoms with Gasteiger partial charge >= 0.3 is 6.09 Å². The monoisotopic (exact) mass is 424 g/mol. The third-order valence-corrected chi connectivity index (χ3v) is 5.27. The molecule has 1 aliphatic carbocycles. The molecule has 30 heavy (non-hydrogen) atoms. The highest BCUT2D eigenvalue weighted by molar-refractivity contribution is 6.31. The Balaban J connectivity index is 1.57. The second-order valence-corrected chi connectivity index (χ2v) is 8.37. The van der Waals surface area contributed by atoms with E-state index in [2.05, 4.69) is 15.3 Å². The Morgan fingerprint density at radius 1 is 1.40 bits per heavy atom. The van der Waals surface area contributed by atoms with Gasteiger partial charge in [0, 0.05) is 29.2 Å². The molecule has 3 aromatic heterocycles. The van der Waals surface area contributed by atoms with Crippen molar-refractivity contribution in [2.45, 2.75) is 39.3 Å². The van der Waals surface area contributed by atoms with Crippen molar-refractivity contribution in [3.8, 4) is 17.1 Å². The first-order valence-electron chi connectivity index (χ1n) is 9.97. The van der Waals surface area contributed by atoms with Crippen molar-refractivity contribution in [2.75, 3.05) is 0 Å². The minimum absolute atomic E-state index is 0.0297. The first kappa shape index (κ1) is 18.9. The molecule has 1 aliphatic rings. The van der Waals surface area contributed by atoms with Crippen LogP contribution in [0.1, 0.15) is 26.7 Å². The van der Waals surface area contributed by atoms with Crippen LogP contribution in [0.5, 0.6) is 5.75 Å². The van der Waals surface area contributed by atoms with E-state index in [4.69, 9.17) is 26.4 Å². The summed E-state index contributed by atoms with van der Waals surface area (Å²) in [6.07, 6.45) is 5.18. The van der Waals surface area contributed by atoms with Crippen LogP contribution in [0.15, 0.2) is 30.6 Å². The third kappa shape index (κ3) is 3.59. The van der Waals surface area contributed by atoms with Gasteiger partial charge in [-0.2, -0.15) is 5.10 Å². The fraction of sp³-hybridized carbons (Fsp3) is 0.333. The van der Waals surface area contributed by atoms with E-state index in [0.29, 0.717) is 33.5 Å². The zero-order chi connectivity index (χ0) is 20.8. The van der Waals surface area contributed by atoms with Gasteiger partial charge in [0.15, 0.2) is 16.9 Å². The van der Waals surface area contributed by atoms with Crippen LogP contribution in [-0.2, 0) is 6.54 Å². The largest absolute Gasteiger partial charge is 0.412 e. The van der Waals surface area contributed by atoms with Crippen LogP contribution in [0.3, 0.4) is 0 Å².